The summed E-state index contributed by atoms with van der Waals surface area (Å²) in [7, 11) is 1.71. The Morgan fingerprint density at radius 2 is 1.86 bits per heavy atom. The van der Waals surface area contributed by atoms with Crippen molar-refractivity contribution in [3.63, 3.8) is 0 Å². The SMILES string of the molecule is COc1cccc(CN2CCC(c3cnc4c(ccn4Cc4ccc(C(=O)NO)cc4)c3)CC2)c1. The van der Waals surface area contributed by atoms with Crippen molar-refractivity contribution in [2.24, 2.45) is 0 Å². The molecule has 0 bridgehead atoms. The molecule has 1 saturated heterocycles. The van der Waals surface area contributed by atoms with Gasteiger partial charge >= 0.3 is 0 Å². The third-order valence-electron chi connectivity index (χ3n) is 6.89. The van der Waals surface area contributed by atoms with Crippen LogP contribution in [0.2, 0.25) is 0 Å². The number of hydrogen-bond donors (Lipinski definition) is 2. The van der Waals surface area contributed by atoms with Crippen molar-refractivity contribution < 1.29 is 14.7 Å². The van der Waals surface area contributed by atoms with Gasteiger partial charge in [-0.2, -0.15) is 0 Å². The second-order valence-electron chi connectivity index (χ2n) is 9.16. The Bertz CT molecular complexity index is 1310. The average Bonchev–Trinajstić information content (AvgIpc) is 3.31. The minimum Gasteiger partial charge on any atom is -0.497 e. The van der Waals surface area contributed by atoms with Crippen molar-refractivity contribution in [2.75, 3.05) is 20.2 Å². The third-order valence-corrected chi connectivity index (χ3v) is 6.89. The normalized spacial score (nSPS) is 14.8. The lowest BCUT2D eigenvalue weighted by molar-refractivity contribution is 0.0706. The first-order valence-electron chi connectivity index (χ1n) is 12.0. The number of carbonyl (C=O) groups is 1. The molecule has 180 valence electrons. The second-order valence-corrected chi connectivity index (χ2v) is 9.16. The van der Waals surface area contributed by atoms with Gasteiger partial charge in [0.15, 0.2) is 0 Å². The highest BCUT2D eigenvalue weighted by Gasteiger charge is 2.21. The Kier molecular flexibility index (Phi) is 6.79. The van der Waals surface area contributed by atoms with E-state index in [1.54, 1.807) is 24.7 Å². The number of nitrogens with zero attached hydrogens (tertiary/aromatic N) is 3. The molecule has 35 heavy (non-hydrogen) atoms. The van der Waals surface area contributed by atoms with Gasteiger partial charge < -0.3 is 9.30 Å². The van der Waals surface area contributed by atoms with Crippen LogP contribution >= 0.6 is 0 Å². The van der Waals surface area contributed by atoms with Crippen LogP contribution in [0.5, 0.6) is 5.75 Å². The highest BCUT2D eigenvalue weighted by Crippen LogP contribution is 2.30. The summed E-state index contributed by atoms with van der Waals surface area (Å²) in [5.74, 6) is 0.931. The van der Waals surface area contributed by atoms with E-state index in [1.165, 1.54) is 11.1 Å². The number of methoxy groups -OCH3 is 1. The van der Waals surface area contributed by atoms with E-state index in [-0.39, 0.29) is 0 Å². The molecular formula is C28H30N4O3. The molecule has 0 spiro atoms. The fraction of sp³-hybridized carbons (Fsp3) is 0.286. The van der Waals surface area contributed by atoms with Gasteiger partial charge in [0, 0.05) is 36.4 Å². The Hall–Kier alpha value is -3.68. The number of benzene rings is 2. The molecule has 0 radical (unpaired) electrons. The predicted molar refractivity (Wildman–Crippen MR) is 135 cm³/mol. The molecule has 1 amide bonds. The van der Waals surface area contributed by atoms with Gasteiger partial charge in [-0.1, -0.05) is 24.3 Å². The predicted octanol–water partition coefficient (Wildman–Crippen LogP) is 4.59. The van der Waals surface area contributed by atoms with Crippen molar-refractivity contribution in [3.8, 4) is 5.75 Å². The number of hydroxylamine groups is 1. The summed E-state index contributed by atoms with van der Waals surface area (Å²) in [5.41, 5.74) is 6.71. The molecule has 5 rings (SSSR count). The maximum Gasteiger partial charge on any atom is 0.274 e. The molecule has 4 aromatic rings. The molecule has 2 aromatic heterocycles. The zero-order valence-corrected chi connectivity index (χ0v) is 19.9. The highest BCUT2D eigenvalue weighted by molar-refractivity contribution is 5.93. The maximum atomic E-state index is 11.5. The van der Waals surface area contributed by atoms with E-state index < -0.39 is 5.91 Å². The van der Waals surface area contributed by atoms with Crippen LogP contribution in [0.25, 0.3) is 11.0 Å². The average molecular weight is 471 g/mol. The van der Waals surface area contributed by atoms with Crippen molar-refractivity contribution >= 4 is 16.9 Å². The van der Waals surface area contributed by atoms with E-state index in [9.17, 15) is 4.79 Å². The van der Waals surface area contributed by atoms with E-state index in [0.717, 1.165) is 54.8 Å². The number of aromatic nitrogens is 2. The maximum absolute atomic E-state index is 11.5. The second kappa shape index (κ2) is 10.3. The Morgan fingerprint density at radius 1 is 1.06 bits per heavy atom. The molecule has 7 heteroatoms. The first-order valence-corrected chi connectivity index (χ1v) is 12.0. The lowest BCUT2D eigenvalue weighted by Gasteiger charge is -2.32. The van der Waals surface area contributed by atoms with Gasteiger partial charge in [-0.3, -0.25) is 14.9 Å². The zero-order chi connectivity index (χ0) is 24.2. The number of amides is 1. The highest BCUT2D eigenvalue weighted by atomic mass is 16.5. The molecule has 7 nitrogen and oxygen atoms in total. The molecule has 0 aliphatic carbocycles. The lowest BCUT2D eigenvalue weighted by atomic mass is 9.90. The number of piperidine rings is 1. The molecule has 0 unspecified atom stereocenters. The van der Waals surface area contributed by atoms with Gasteiger partial charge in [0.25, 0.3) is 5.91 Å². The van der Waals surface area contributed by atoms with Crippen LogP contribution in [0.3, 0.4) is 0 Å². The Labute approximate surface area is 204 Å². The monoisotopic (exact) mass is 470 g/mol. The lowest BCUT2D eigenvalue weighted by Crippen LogP contribution is -2.32. The van der Waals surface area contributed by atoms with Gasteiger partial charge in [0.2, 0.25) is 0 Å². The number of ether oxygens (including phenoxy) is 1. The van der Waals surface area contributed by atoms with Crippen LogP contribution in [0, 0.1) is 0 Å². The largest absolute Gasteiger partial charge is 0.497 e. The van der Waals surface area contributed by atoms with E-state index in [2.05, 4.69) is 46.0 Å². The molecule has 2 N–H and O–H groups in total. The van der Waals surface area contributed by atoms with Gasteiger partial charge in [0.1, 0.15) is 11.4 Å². The van der Waals surface area contributed by atoms with Gasteiger partial charge in [-0.25, -0.2) is 10.5 Å². The van der Waals surface area contributed by atoms with E-state index in [0.29, 0.717) is 18.0 Å². The molecule has 1 aliphatic heterocycles. The Balaban J connectivity index is 1.22. The minimum absolute atomic E-state index is 0.422. The molecular weight excluding hydrogens is 440 g/mol. The zero-order valence-electron chi connectivity index (χ0n) is 19.9. The summed E-state index contributed by atoms with van der Waals surface area (Å²) < 4.78 is 7.48. The molecule has 0 atom stereocenters. The smallest absolute Gasteiger partial charge is 0.274 e. The molecule has 0 saturated carbocycles. The van der Waals surface area contributed by atoms with Gasteiger partial charge in [0.05, 0.1) is 7.11 Å². The molecule has 2 aromatic carbocycles. The quantitative estimate of drug-likeness (QED) is 0.305. The molecule has 3 heterocycles. The van der Waals surface area contributed by atoms with Gasteiger partial charge in [-0.05, 0) is 84.9 Å². The van der Waals surface area contributed by atoms with Crippen LogP contribution in [0.15, 0.2) is 73.1 Å². The third kappa shape index (κ3) is 5.21. The standard InChI is InChI=1S/C28H30N4O3/c1-35-26-4-2-3-21(15-26)18-31-12-9-22(10-13-31)25-16-24-11-14-32(27(24)29-17-25)19-20-5-7-23(8-6-20)28(33)30-34/h2-8,11,14-17,22,34H,9-10,12-13,18-19H2,1H3,(H,30,33). The first-order chi connectivity index (χ1) is 17.1. The van der Waals surface area contributed by atoms with Crippen LogP contribution in [-0.2, 0) is 13.1 Å². The van der Waals surface area contributed by atoms with Crippen LogP contribution in [0.4, 0.5) is 0 Å². The number of pyridine rings is 1. The van der Waals surface area contributed by atoms with Gasteiger partial charge in [-0.15, -0.1) is 0 Å². The fourth-order valence-corrected chi connectivity index (χ4v) is 4.92. The summed E-state index contributed by atoms with van der Waals surface area (Å²) >= 11 is 0. The molecule has 1 aliphatic rings. The van der Waals surface area contributed by atoms with E-state index in [4.69, 9.17) is 14.9 Å². The first kappa shape index (κ1) is 23.1. The number of rotatable bonds is 7. The van der Waals surface area contributed by atoms with E-state index >= 15 is 0 Å². The summed E-state index contributed by atoms with van der Waals surface area (Å²) in [5, 5.41) is 9.92. The van der Waals surface area contributed by atoms with Crippen LogP contribution < -0.4 is 10.2 Å². The molecule has 1 fully saturated rings. The topological polar surface area (TPSA) is 79.6 Å². The number of nitrogens with one attached hydrogen (secondary N) is 1. The minimum atomic E-state index is -0.511. The number of likely N-dealkylation sites (tertiary alicyclic amines) is 1. The van der Waals surface area contributed by atoms with Crippen LogP contribution in [0.1, 0.15) is 45.8 Å². The number of hydrogen-bond acceptors (Lipinski definition) is 5. The summed E-state index contributed by atoms with van der Waals surface area (Å²) in [4.78, 5) is 18.9. The van der Waals surface area contributed by atoms with E-state index in [1.807, 2.05) is 24.4 Å². The van der Waals surface area contributed by atoms with Crippen molar-refractivity contribution in [2.45, 2.75) is 31.8 Å². The van der Waals surface area contributed by atoms with Crippen LogP contribution in [-0.4, -0.2) is 45.8 Å². The van der Waals surface area contributed by atoms with Crippen molar-refractivity contribution in [3.05, 3.63) is 95.3 Å². The number of carbonyl (C=O) groups excluding carboxylic acids is 1. The summed E-state index contributed by atoms with van der Waals surface area (Å²) in [6, 6.07) is 19.9. The summed E-state index contributed by atoms with van der Waals surface area (Å²) in [6.45, 7) is 3.77. The fourth-order valence-electron chi connectivity index (χ4n) is 4.92. The van der Waals surface area contributed by atoms with Crippen molar-refractivity contribution in [1.82, 2.24) is 19.9 Å². The van der Waals surface area contributed by atoms with Crippen molar-refractivity contribution in [1.29, 1.82) is 0 Å². The Morgan fingerprint density at radius 3 is 2.60 bits per heavy atom. The number of fused-ring (bicyclic) bond motifs is 1. The summed E-state index contributed by atoms with van der Waals surface area (Å²) in [6.07, 6.45) is 6.36.